The van der Waals surface area contributed by atoms with Gasteiger partial charge in [0.05, 0.1) is 12.1 Å². The number of fused-ring (bicyclic) bond motifs is 4. The van der Waals surface area contributed by atoms with E-state index in [9.17, 15) is 0 Å². The van der Waals surface area contributed by atoms with Crippen molar-refractivity contribution in [1.82, 2.24) is 19.9 Å². The third-order valence-electron chi connectivity index (χ3n) is 12.0. The van der Waals surface area contributed by atoms with Crippen molar-refractivity contribution >= 4 is 138 Å². The number of nitrogens with one attached hydrogen (secondary N) is 2. The van der Waals surface area contributed by atoms with Crippen LogP contribution in [0.5, 0.6) is 46.5 Å². The van der Waals surface area contributed by atoms with Crippen molar-refractivity contribution in [3.05, 3.63) is 242 Å². The Balaban J connectivity index is 0.00000313. The van der Waals surface area contributed by atoms with Gasteiger partial charge in [-0.2, -0.15) is 19.9 Å². The summed E-state index contributed by atoms with van der Waals surface area (Å²) in [5.41, 5.74) is 3.60. The van der Waals surface area contributed by atoms with Crippen LogP contribution in [0.4, 0.5) is 23.3 Å². The van der Waals surface area contributed by atoms with Gasteiger partial charge in [0.1, 0.15) is 23.0 Å². The quantitative estimate of drug-likeness (QED) is 0.0807. The molecular weight excluding hydrogens is 939 g/mol. The Kier molecular flexibility index (Phi) is 15.2. The molecular formula is C62H44N6Na2O4. The molecule has 2 N–H and O–H groups in total. The van der Waals surface area contributed by atoms with Crippen LogP contribution in [0.15, 0.2) is 231 Å². The molecule has 12 rings (SSSR count). The summed E-state index contributed by atoms with van der Waals surface area (Å²) in [5, 5.41) is 14.9. The summed E-state index contributed by atoms with van der Waals surface area (Å²) in [4.78, 5) is 19.1. The summed E-state index contributed by atoms with van der Waals surface area (Å²) in [6.07, 6.45) is 4.12. The second kappa shape index (κ2) is 22.8. The Morgan fingerprint density at radius 3 is 0.824 bits per heavy atom. The molecule has 0 atom stereocenters. The third kappa shape index (κ3) is 11.4. The molecule has 0 bridgehead atoms. The number of benzene rings is 10. The Labute approximate surface area is 471 Å². The number of rotatable bonds is 14. The van der Waals surface area contributed by atoms with E-state index in [1.807, 2.05) is 170 Å². The molecule has 74 heavy (non-hydrogen) atoms. The fourth-order valence-electron chi connectivity index (χ4n) is 8.52. The first-order valence-electron chi connectivity index (χ1n) is 23.4. The average Bonchev–Trinajstić information content (AvgIpc) is 3.41. The molecule has 10 aromatic carbocycles. The summed E-state index contributed by atoms with van der Waals surface area (Å²) < 4.78 is 25.8. The Hall–Kier alpha value is -8.06. The molecule has 2 heterocycles. The van der Waals surface area contributed by atoms with Gasteiger partial charge in [0.15, 0.2) is 0 Å². The number of aromatic nitrogens is 4. The third-order valence-corrected chi connectivity index (χ3v) is 12.0. The summed E-state index contributed by atoms with van der Waals surface area (Å²) in [6.45, 7) is 0. The fraction of sp³-hybridized carbons (Fsp3) is 0. The first-order chi connectivity index (χ1) is 35.6. The van der Waals surface area contributed by atoms with Gasteiger partial charge in [0.25, 0.3) is 0 Å². The van der Waals surface area contributed by atoms with Gasteiger partial charge in [-0.15, -0.1) is 0 Å². The minimum atomic E-state index is 0. The van der Waals surface area contributed by atoms with Gasteiger partial charge in [0.2, 0.25) is 35.4 Å². The Bertz CT molecular complexity index is 3490. The van der Waals surface area contributed by atoms with Gasteiger partial charge in [-0.1, -0.05) is 182 Å². The molecule has 2 aromatic heterocycles. The molecule has 12 heteroatoms. The van der Waals surface area contributed by atoms with Crippen molar-refractivity contribution in [2.24, 2.45) is 0 Å². The van der Waals surface area contributed by atoms with E-state index < -0.39 is 0 Å². The van der Waals surface area contributed by atoms with Crippen LogP contribution in [-0.4, -0.2) is 79.1 Å². The van der Waals surface area contributed by atoms with Crippen molar-refractivity contribution < 1.29 is 18.9 Å². The summed E-state index contributed by atoms with van der Waals surface area (Å²) in [5.74, 6) is 4.69. The van der Waals surface area contributed by atoms with Gasteiger partial charge in [-0.05, 0) is 81.2 Å². The molecule has 0 saturated carbocycles. The van der Waals surface area contributed by atoms with E-state index in [-0.39, 0.29) is 59.1 Å². The average molecular weight is 983 g/mol. The Morgan fingerprint density at radius 1 is 0.284 bits per heavy atom. The van der Waals surface area contributed by atoms with Crippen LogP contribution in [0.25, 0.3) is 55.2 Å². The predicted molar refractivity (Wildman–Crippen MR) is 303 cm³/mol. The standard InChI is InChI=1S/C62H42N6O4.2Na.2H/c1-5-21-49-43(13-1)17-9-25-53(49)69-57-39-58(70-54-26-10-18-44-14-2-6-22-50(44)54)66-61(65-57)63-47-35-31-41(32-36-47)29-30-42-33-37-48(38-34-42)64-62-67-59(71-55-27-11-19-45-15-3-7-23-51(45)55)40-60(68-62)72-56-28-12-20-46-16-4-8-24-52(46)56;;;;/h1-40H,(H,63,65,66)(H,64,67,68);;;;. The van der Waals surface area contributed by atoms with Crippen LogP contribution in [0.1, 0.15) is 11.1 Å². The number of nitrogens with zero attached hydrogens (tertiary/aromatic N) is 4. The SMILES string of the molecule is C(=Cc1ccc(Nc2nc(Oc3cccc4ccccc34)cc(Oc3cccc4ccccc34)n2)cc1)c1ccc(Nc2nc(Oc3cccc4ccccc34)cc(Oc3cccc4ccccc34)n2)cc1.[NaH].[NaH]. The molecule has 0 fully saturated rings. The van der Waals surface area contributed by atoms with Crippen molar-refractivity contribution in [3.8, 4) is 46.5 Å². The molecule has 348 valence electrons. The van der Waals surface area contributed by atoms with Crippen LogP contribution in [-0.2, 0) is 0 Å². The predicted octanol–water partition coefficient (Wildman–Crippen LogP) is 15.4. The van der Waals surface area contributed by atoms with Crippen LogP contribution in [0.3, 0.4) is 0 Å². The van der Waals surface area contributed by atoms with Crippen molar-refractivity contribution in [2.75, 3.05) is 10.6 Å². The summed E-state index contributed by atoms with van der Waals surface area (Å²) >= 11 is 0. The molecule has 0 radical (unpaired) electrons. The molecule has 0 spiro atoms. The van der Waals surface area contributed by atoms with Gasteiger partial charge in [-0.25, -0.2) is 0 Å². The van der Waals surface area contributed by atoms with E-state index in [1.165, 1.54) is 0 Å². The van der Waals surface area contributed by atoms with E-state index >= 15 is 0 Å². The normalized spacial score (nSPS) is 11.0. The van der Waals surface area contributed by atoms with Crippen LogP contribution in [0, 0.1) is 0 Å². The molecule has 0 unspecified atom stereocenters. The molecule has 0 saturated heterocycles. The molecule has 0 amide bonds. The Morgan fingerprint density at radius 2 is 0.541 bits per heavy atom. The molecule has 10 nitrogen and oxygen atoms in total. The summed E-state index contributed by atoms with van der Waals surface area (Å²) in [7, 11) is 0. The zero-order valence-corrected chi connectivity index (χ0v) is 38.5. The second-order valence-corrected chi connectivity index (χ2v) is 16.9. The molecule has 0 aliphatic heterocycles. The number of hydrogen-bond donors (Lipinski definition) is 2. The van der Waals surface area contributed by atoms with Crippen molar-refractivity contribution in [1.29, 1.82) is 0 Å². The first kappa shape index (κ1) is 49.5. The van der Waals surface area contributed by atoms with Gasteiger partial charge in [0, 0.05) is 32.9 Å². The maximum absolute atomic E-state index is 6.44. The molecule has 0 aliphatic rings. The zero-order valence-electron chi connectivity index (χ0n) is 38.5. The van der Waals surface area contributed by atoms with E-state index in [1.54, 1.807) is 12.1 Å². The van der Waals surface area contributed by atoms with Gasteiger partial charge >= 0.3 is 59.1 Å². The van der Waals surface area contributed by atoms with Gasteiger partial charge in [-0.3, -0.25) is 0 Å². The van der Waals surface area contributed by atoms with Gasteiger partial charge < -0.3 is 29.6 Å². The number of ether oxygens (including phenoxy) is 4. The minimum absolute atomic E-state index is 0. The van der Waals surface area contributed by atoms with E-state index in [0.29, 0.717) is 58.4 Å². The number of hydrogen-bond acceptors (Lipinski definition) is 10. The maximum atomic E-state index is 6.44. The monoisotopic (exact) mass is 982 g/mol. The second-order valence-electron chi connectivity index (χ2n) is 16.9. The number of anilines is 4. The topological polar surface area (TPSA) is 113 Å². The first-order valence-corrected chi connectivity index (χ1v) is 23.4. The van der Waals surface area contributed by atoms with E-state index in [4.69, 9.17) is 38.9 Å². The van der Waals surface area contributed by atoms with E-state index in [2.05, 4.69) is 71.3 Å². The molecule has 12 aromatic rings. The van der Waals surface area contributed by atoms with Crippen LogP contribution < -0.4 is 29.6 Å². The fourth-order valence-corrected chi connectivity index (χ4v) is 8.52. The summed E-state index contributed by atoms with van der Waals surface area (Å²) in [6, 6.07) is 75.6. The van der Waals surface area contributed by atoms with Crippen LogP contribution >= 0.6 is 0 Å². The van der Waals surface area contributed by atoms with Crippen LogP contribution in [0.2, 0.25) is 0 Å². The van der Waals surface area contributed by atoms with Crippen molar-refractivity contribution in [3.63, 3.8) is 0 Å². The molecule has 0 aliphatic carbocycles. The van der Waals surface area contributed by atoms with Crippen molar-refractivity contribution in [2.45, 2.75) is 0 Å². The van der Waals surface area contributed by atoms with E-state index in [0.717, 1.165) is 65.6 Å². The zero-order chi connectivity index (χ0) is 48.1.